The topological polar surface area (TPSA) is 41.5 Å². The predicted octanol–water partition coefficient (Wildman–Crippen LogP) is 2.43. The fraction of sp³-hybridized carbons (Fsp3) is 0.333. The van der Waals surface area contributed by atoms with E-state index in [9.17, 15) is 5.11 Å². The first-order valence-electron chi connectivity index (χ1n) is 9.00. The minimum atomic E-state index is -0.508. The van der Waals surface area contributed by atoms with Crippen LogP contribution in [-0.4, -0.2) is 50.5 Å². The van der Waals surface area contributed by atoms with Crippen molar-refractivity contribution in [1.82, 2.24) is 9.80 Å². The molecular weight excluding hydrogens is 312 g/mol. The van der Waals surface area contributed by atoms with Crippen LogP contribution in [0.3, 0.4) is 0 Å². The van der Waals surface area contributed by atoms with Crippen molar-refractivity contribution in [3.05, 3.63) is 65.7 Å². The van der Waals surface area contributed by atoms with Crippen LogP contribution in [0.1, 0.15) is 5.56 Å². The fourth-order valence-electron chi connectivity index (χ4n) is 3.89. The maximum Gasteiger partial charge on any atom is 0.132 e. The molecule has 2 heterocycles. The summed E-state index contributed by atoms with van der Waals surface area (Å²) in [5.74, 6) is 0.896. The van der Waals surface area contributed by atoms with Crippen molar-refractivity contribution >= 4 is 11.8 Å². The van der Waals surface area contributed by atoms with E-state index < -0.39 is 6.10 Å². The van der Waals surface area contributed by atoms with Crippen molar-refractivity contribution in [3.8, 4) is 5.75 Å². The normalized spacial score (nSPS) is 20.1. The molecule has 2 aliphatic rings. The Hall–Kier alpha value is -2.14. The van der Waals surface area contributed by atoms with Gasteiger partial charge in [-0.15, -0.1) is 0 Å². The van der Waals surface area contributed by atoms with Crippen molar-refractivity contribution in [2.45, 2.75) is 6.10 Å². The van der Waals surface area contributed by atoms with Crippen molar-refractivity contribution in [2.24, 2.45) is 0 Å². The zero-order valence-corrected chi connectivity index (χ0v) is 14.4. The van der Waals surface area contributed by atoms with Crippen LogP contribution in [0.2, 0.25) is 0 Å². The number of aliphatic hydroxyl groups is 1. The Kier molecular flexibility index (Phi) is 4.57. The number of ether oxygens (including phenoxy) is 1. The molecule has 4 nitrogen and oxygen atoms in total. The molecule has 2 aromatic rings. The molecule has 1 unspecified atom stereocenters. The van der Waals surface area contributed by atoms with Crippen molar-refractivity contribution in [2.75, 3.05) is 39.3 Å². The maximum atomic E-state index is 11.0. The molecule has 2 aromatic carbocycles. The summed E-state index contributed by atoms with van der Waals surface area (Å²) in [5, 5.41) is 14.4. The average Bonchev–Trinajstić information content (AvgIpc) is 2.69. The molecule has 2 aliphatic heterocycles. The Balaban J connectivity index is 1.60. The molecule has 4 heteroatoms. The van der Waals surface area contributed by atoms with Gasteiger partial charge in [-0.05, 0) is 24.3 Å². The number of hydrogen-bond acceptors (Lipinski definition) is 3. The quantitative estimate of drug-likeness (QED) is 0.842. The minimum absolute atomic E-state index is 0.464. The Morgan fingerprint density at radius 3 is 2.52 bits per heavy atom. The molecule has 1 fully saturated rings. The number of rotatable bonds is 4. The van der Waals surface area contributed by atoms with Crippen molar-refractivity contribution in [3.63, 3.8) is 0 Å². The van der Waals surface area contributed by atoms with Crippen LogP contribution in [0.25, 0.3) is 6.08 Å². The number of aliphatic hydroxyl groups excluding tert-OH is 1. The molecule has 0 amide bonds. The highest BCUT2D eigenvalue weighted by Gasteiger charge is 2.36. The molecule has 0 bridgehead atoms. The SMILES string of the molecule is OC(C[N+]1(c2ccccc2)CCNCC1)C1=Cc2ccccc2OC1. The van der Waals surface area contributed by atoms with Crippen LogP contribution in [0, 0.1) is 0 Å². The minimum Gasteiger partial charge on any atom is -0.489 e. The lowest BCUT2D eigenvalue weighted by atomic mass is 10.0. The van der Waals surface area contributed by atoms with Crippen LogP contribution in [0.5, 0.6) is 5.75 Å². The summed E-state index contributed by atoms with van der Waals surface area (Å²) >= 11 is 0. The lowest BCUT2D eigenvalue weighted by Crippen LogP contribution is -2.62. The average molecular weight is 337 g/mol. The third-order valence-corrected chi connectivity index (χ3v) is 5.34. The molecule has 0 radical (unpaired) electrons. The van der Waals surface area contributed by atoms with E-state index >= 15 is 0 Å². The van der Waals surface area contributed by atoms with Crippen LogP contribution < -0.4 is 14.5 Å². The summed E-state index contributed by atoms with van der Waals surface area (Å²) in [6.07, 6.45) is 1.58. The predicted molar refractivity (Wildman–Crippen MR) is 102 cm³/mol. The third kappa shape index (κ3) is 3.33. The van der Waals surface area contributed by atoms with Gasteiger partial charge in [-0.1, -0.05) is 36.4 Å². The number of fused-ring (bicyclic) bond motifs is 1. The Morgan fingerprint density at radius 2 is 1.72 bits per heavy atom. The molecule has 1 saturated heterocycles. The smallest absolute Gasteiger partial charge is 0.132 e. The monoisotopic (exact) mass is 337 g/mol. The Labute approximate surface area is 148 Å². The number of nitrogens with zero attached hydrogens (tertiary/aromatic N) is 1. The van der Waals surface area contributed by atoms with Gasteiger partial charge in [-0.3, -0.25) is 4.48 Å². The fourth-order valence-corrected chi connectivity index (χ4v) is 3.89. The number of para-hydroxylation sites is 2. The van der Waals surface area contributed by atoms with Gasteiger partial charge in [-0.2, -0.15) is 0 Å². The van der Waals surface area contributed by atoms with Gasteiger partial charge < -0.3 is 15.2 Å². The summed E-state index contributed by atoms with van der Waals surface area (Å²) in [7, 11) is 0. The van der Waals surface area contributed by atoms with E-state index in [2.05, 4.69) is 35.7 Å². The van der Waals surface area contributed by atoms with Crippen molar-refractivity contribution in [1.29, 1.82) is 0 Å². The summed E-state index contributed by atoms with van der Waals surface area (Å²) < 4.78 is 6.65. The number of piperazine rings is 1. The number of nitrogens with one attached hydrogen (secondary N) is 1. The van der Waals surface area contributed by atoms with E-state index in [-0.39, 0.29) is 0 Å². The van der Waals surface area contributed by atoms with Crippen LogP contribution in [0.15, 0.2) is 60.2 Å². The lowest BCUT2D eigenvalue weighted by Gasteiger charge is -2.42. The maximum absolute atomic E-state index is 11.0. The number of hydrogen-bond donors (Lipinski definition) is 2. The molecule has 0 aliphatic carbocycles. The van der Waals surface area contributed by atoms with Gasteiger partial charge in [0.15, 0.2) is 0 Å². The molecule has 4 rings (SSSR count). The van der Waals surface area contributed by atoms with Gasteiger partial charge in [0.1, 0.15) is 30.7 Å². The summed E-state index contributed by atoms with van der Waals surface area (Å²) in [6.45, 7) is 5.08. The largest absolute Gasteiger partial charge is 0.489 e. The zero-order chi connectivity index (χ0) is 17.1. The van der Waals surface area contributed by atoms with E-state index in [1.54, 1.807) is 0 Å². The van der Waals surface area contributed by atoms with Gasteiger partial charge >= 0.3 is 0 Å². The molecule has 0 aromatic heterocycles. The molecule has 0 spiro atoms. The highest BCUT2D eigenvalue weighted by atomic mass is 16.5. The van der Waals surface area contributed by atoms with Gasteiger partial charge in [0.2, 0.25) is 0 Å². The number of benzene rings is 2. The van der Waals surface area contributed by atoms with E-state index in [0.717, 1.165) is 47.5 Å². The molecule has 0 saturated carbocycles. The first-order chi connectivity index (χ1) is 12.3. The highest BCUT2D eigenvalue weighted by Crippen LogP contribution is 2.30. The zero-order valence-electron chi connectivity index (χ0n) is 14.4. The first kappa shape index (κ1) is 16.3. The van der Waals surface area contributed by atoms with Gasteiger partial charge in [-0.25, -0.2) is 0 Å². The molecule has 130 valence electrons. The van der Waals surface area contributed by atoms with Crippen molar-refractivity contribution < 1.29 is 9.84 Å². The highest BCUT2D eigenvalue weighted by molar-refractivity contribution is 5.63. The van der Waals surface area contributed by atoms with E-state index in [0.29, 0.717) is 13.2 Å². The standard InChI is InChI=1S/C21H25N2O2/c24-20(18-14-17-6-4-5-9-21(17)25-16-18)15-23(12-10-22-11-13-23)19-7-2-1-3-8-19/h1-9,14,20,22,24H,10-13,15-16H2/q+1. The third-order valence-electron chi connectivity index (χ3n) is 5.34. The van der Waals surface area contributed by atoms with E-state index in [1.165, 1.54) is 5.69 Å². The van der Waals surface area contributed by atoms with Gasteiger partial charge in [0.05, 0.1) is 13.1 Å². The van der Waals surface area contributed by atoms with Crippen LogP contribution >= 0.6 is 0 Å². The second-order valence-corrected chi connectivity index (χ2v) is 6.92. The Bertz CT molecular complexity index is 752. The summed E-state index contributed by atoms with van der Waals surface area (Å²) in [4.78, 5) is 0. The Morgan fingerprint density at radius 1 is 1.00 bits per heavy atom. The van der Waals surface area contributed by atoms with Gasteiger partial charge in [0.25, 0.3) is 0 Å². The molecule has 1 atom stereocenters. The molecule has 25 heavy (non-hydrogen) atoms. The summed E-state index contributed by atoms with van der Waals surface area (Å²) in [6, 6.07) is 18.6. The first-order valence-corrected chi connectivity index (χ1v) is 9.00. The van der Waals surface area contributed by atoms with Crippen LogP contribution in [0.4, 0.5) is 5.69 Å². The molecule has 2 N–H and O–H groups in total. The summed E-state index contributed by atoms with van der Waals surface area (Å²) in [5.41, 5.74) is 3.29. The molecular formula is C21H25N2O2+. The second kappa shape index (κ2) is 7.00. The van der Waals surface area contributed by atoms with Gasteiger partial charge in [0, 0.05) is 24.2 Å². The van der Waals surface area contributed by atoms with E-state index in [4.69, 9.17) is 4.74 Å². The lowest BCUT2D eigenvalue weighted by molar-refractivity contribution is 0.123. The van der Waals surface area contributed by atoms with E-state index in [1.807, 2.05) is 30.3 Å². The van der Waals surface area contributed by atoms with Crippen LogP contribution in [-0.2, 0) is 0 Å². The number of quaternary nitrogens is 1. The second-order valence-electron chi connectivity index (χ2n) is 6.92.